The summed E-state index contributed by atoms with van der Waals surface area (Å²) in [7, 11) is 1.62. The lowest BCUT2D eigenvalue weighted by molar-refractivity contribution is -0.155. The zero-order chi connectivity index (χ0) is 14.0. The van der Waals surface area contributed by atoms with Crippen LogP contribution in [0.1, 0.15) is 18.5 Å². The molecule has 0 aliphatic carbocycles. The van der Waals surface area contributed by atoms with E-state index in [-0.39, 0.29) is 12.5 Å². The highest BCUT2D eigenvalue weighted by Crippen LogP contribution is 2.34. The maximum absolute atomic E-state index is 12.0. The van der Waals surface area contributed by atoms with Crippen LogP contribution in [0.3, 0.4) is 0 Å². The van der Waals surface area contributed by atoms with E-state index in [1.807, 2.05) is 0 Å². The molecule has 1 aromatic carbocycles. The molecule has 2 amide bonds. The van der Waals surface area contributed by atoms with E-state index in [1.165, 1.54) is 4.90 Å². The van der Waals surface area contributed by atoms with Crippen molar-refractivity contribution in [3.63, 3.8) is 0 Å². The number of benzene rings is 1. The van der Waals surface area contributed by atoms with Crippen molar-refractivity contribution < 1.29 is 19.1 Å². The van der Waals surface area contributed by atoms with Crippen LogP contribution in [0, 0.1) is 0 Å². The fourth-order valence-corrected chi connectivity index (χ4v) is 2.01. The number of nitrogens with one attached hydrogen (secondary N) is 1. The van der Waals surface area contributed by atoms with Gasteiger partial charge in [-0.1, -0.05) is 18.2 Å². The van der Waals surface area contributed by atoms with Crippen LogP contribution in [-0.4, -0.2) is 31.4 Å². The summed E-state index contributed by atoms with van der Waals surface area (Å²) in [6, 6.07) is 6.27. The van der Waals surface area contributed by atoms with Gasteiger partial charge in [-0.05, 0) is 13.0 Å². The van der Waals surface area contributed by atoms with E-state index in [9.17, 15) is 14.4 Å². The first-order chi connectivity index (χ1) is 9.06. The molecule has 0 radical (unpaired) electrons. The normalized spacial score (nSPS) is 17.1. The second-order valence-electron chi connectivity index (χ2n) is 4.08. The second kappa shape index (κ2) is 5.09. The second-order valence-corrected chi connectivity index (χ2v) is 4.08. The number of likely N-dealkylation sites (N-methyl/N-ethyl adjacent to an activating group) is 1. The Labute approximate surface area is 110 Å². The Morgan fingerprint density at radius 1 is 1.37 bits per heavy atom. The molecule has 1 N–H and O–H groups in total. The van der Waals surface area contributed by atoms with Gasteiger partial charge in [-0.3, -0.25) is 9.59 Å². The molecule has 1 heterocycles. The molecule has 6 heteroatoms. The number of amides is 2. The number of hydrogen-bond donors (Lipinski definition) is 1. The lowest BCUT2D eigenvalue weighted by Crippen LogP contribution is -2.40. The summed E-state index contributed by atoms with van der Waals surface area (Å²) < 4.78 is 4.59. The van der Waals surface area contributed by atoms with Crippen LogP contribution in [0.25, 0.3) is 0 Å². The Morgan fingerprint density at radius 2 is 2.05 bits per heavy atom. The minimum Gasteiger partial charge on any atom is -0.459 e. The lowest BCUT2D eigenvalue weighted by Gasteiger charge is -2.12. The number of rotatable bonds is 2. The monoisotopic (exact) mass is 262 g/mol. The van der Waals surface area contributed by atoms with Gasteiger partial charge in [0.05, 0.1) is 6.61 Å². The zero-order valence-corrected chi connectivity index (χ0v) is 10.7. The van der Waals surface area contributed by atoms with E-state index in [1.54, 1.807) is 38.2 Å². The van der Waals surface area contributed by atoms with E-state index in [4.69, 9.17) is 0 Å². The van der Waals surface area contributed by atoms with Gasteiger partial charge in [-0.25, -0.2) is 4.79 Å². The minimum absolute atomic E-state index is 0.112. The number of fused-ring (bicyclic) bond motifs is 1. The van der Waals surface area contributed by atoms with Crippen molar-refractivity contribution in [1.29, 1.82) is 0 Å². The molecular formula is C13H14N2O4. The molecule has 1 unspecified atom stereocenters. The predicted octanol–water partition coefficient (Wildman–Crippen LogP) is 0.383. The summed E-state index contributed by atoms with van der Waals surface area (Å²) in [5, 5.41) is 2.40. The Kier molecular flexibility index (Phi) is 3.50. The van der Waals surface area contributed by atoms with Gasteiger partial charge in [0.25, 0.3) is 5.91 Å². The van der Waals surface area contributed by atoms with Gasteiger partial charge in [0, 0.05) is 18.3 Å². The van der Waals surface area contributed by atoms with Crippen molar-refractivity contribution in [3.05, 3.63) is 29.8 Å². The summed E-state index contributed by atoms with van der Waals surface area (Å²) >= 11 is 0. The number of esters is 1. The van der Waals surface area contributed by atoms with E-state index >= 15 is 0 Å². The smallest absolute Gasteiger partial charge is 0.396 e. The Hall–Kier alpha value is -2.37. The largest absolute Gasteiger partial charge is 0.459 e. The molecule has 0 bridgehead atoms. The molecule has 100 valence electrons. The van der Waals surface area contributed by atoms with Gasteiger partial charge >= 0.3 is 11.9 Å². The van der Waals surface area contributed by atoms with Gasteiger partial charge in [-0.15, -0.1) is 0 Å². The van der Waals surface area contributed by atoms with Crippen LogP contribution in [0.15, 0.2) is 24.3 Å². The summed E-state index contributed by atoms with van der Waals surface area (Å²) in [6.07, 6.45) is 0. The van der Waals surface area contributed by atoms with Crippen LogP contribution in [-0.2, 0) is 19.1 Å². The van der Waals surface area contributed by atoms with Crippen LogP contribution in [0.5, 0.6) is 0 Å². The van der Waals surface area contributed by atoms with Crippen LogP contribution in [0.2, 0.25) is 0 Å². The first kappa shape index (κ1) is 13.1. The predicted molar refractivity (Wildman–Crippen MR) is 67.4 cm³/mol. The van der Waals surface area contributed by atoms with Crippen molar-refractivity contribution in [1.82, 2.24) is 5.32 Å². The minimum atomic E-state index is -0.984. The molecular weight excluding hydrogens is 248 g/mol. The molecule has 0 spiro atoms. The van der Waals surface area contributed by atoms with Gasteiger partial charge in [0.2, 0.25) is 0 Å². The van der Waals surface area contributed by atoms with Crippen LogP contribution in [0.4, 0.5) is 5.69 Å². The third-order valence-corrected chi connectivity index (χ3v) is 2.92. The number of carbonyl (C=O) groups is 3. The molecule has 0 saturated heterocycles. The van der Waals surface area contributed by atoms with Gasteiger partial charge < -0.3 is 15.0 Å². The molecule has 1 aliphatic heterocycles. The molecule has 0 aromatic heterocycles. The first-order valence-corrected chi connectivity index (χ1v) is 5.90. The van der Waals surface area contributed by atoms with Crippen molar-refractivity contribution >= 4 is 23.5 Å². The van der Waals surface area contributed by atoms with Crippen molar-refractivity contribution in [2.24, 2.45) is 0 Å². The molecule has 0 fully saturated rings. The van der Waals surface area contributed by atoms with Crippen LogP contribution >= 0.6 is 0 Å². The Balaban J connectivity index is 2.20. The average Bonchev–Trinajstić information content (AvgIpc) is 2.65. The zero-order valence-electron chi connectivity index (χ0n) is 10.7. The van der Waals surface area contributed by atoms with E-state index in [0.29, 0.717) is 5.56 Å². The van der Waals surface area contributed by atoms with Crippen molar-refractivity contribution in [2.45, 2.75) is 13.0 Å². The Bertz CT molecular complexity index is 541. The van der Waals surface area contributed by atoms with E-state index in [0.717, 1.165) is 5.69 Å². The standard InChI is InChI=1S/C13H14N2O4/c1-3-19-13(18)11(16)14-10-8-6-4-5-7-9(8)15(2)12(10)17/h4-7,10H,3H2,1-2H3,(H,14,16). The summed E-state index contributed by atoms with van der Waals surface area (Å²) in [4.78, 5) is 36.4. The topological polar surface area (TPSA) is 75.7 Å². The molecule has 1 aromatic rings. The summed E-state index contributed by atoms with van der Waals surface area (Å²) in [6.45, 7) is 1.72. The number of carbonyl (C=O) groups excluding carboxylic acids is 3. The highest BCUT2D eigenvalue weighted by Gasteiger charge is 2.37. The molecule has 6 nitrogen and oxygen atoms in total. The first-order valence-electron chi connectivity index (χ1n) is 5.90. The lowest BCUT2D eigenvalue weighted by atomic mass is 10.1. The molecule has 0 saturated carbocycles. The highest BCUT2D eigenvalue weighted by molar-refractivity contribution is 6.33. The van der Waals surface area contributed by atoms with Crippen molar-refractivity contribution in [2.75, 3.05) is 18.6 Å². The number of ether oxygens (including phenoxy) is 1. The Morgan fingerprint density at radius 3 is 2.74 bits per heavy atom. The number of nitrogens with zero attached hydrogens (tertiary/aromatic N) is 1. The number of hydrogen-bond acceptors (Lipinski definition) is 4. The molecule has 1 atom stereocenters. The maximum Gasteiger partial charge on any atom is 0.396 e. The molecule has 2 rings (SSSR count). The maximum atomic E-state index is 12.0. The van der Waals surface area contributed by atoms with Gasteiger partial charge in [0.1, 0.15) is 6.04 Å². The highest BCUT2D eigenvalue weighted by atomic mass is 16.5. The fraction of sp³-hybridized carbons (Fsp3) is 0.308. The number of anilines is 1. The number of para-hydroxylation sites is 1. The van der Waals surface area contributed by atoms with E-state index < -0.39 is 17.9 Å². The fourth-order valence-electron chi connectivity index (χ4n) is 2.01. The SMILES string of the molecule is CCOC(=O)C(=O)NC1C(=O)N(C)c2ccccc21. The van der Waals surface area contributed by atoms with Crippen LogP contribution < -0.4 is 10.2 Å². The third kappa shape index (κ3) is 2.29. The summed E-state index contributed by atoms with van der Waals surface area (Å²) in [5.74, 6) is -2.17. The molecule has 19 heavy (non-hydrogen) atoms. The van der Waals surface area contributed by atoms with E-state index in [2.05, 4.69) is 10.1 Å². The quantitative estimate of drug-likeness (QED) is 0.617. The third-order valence-electron chi connectivity index (χ3n) is 2.92. The average molecular weight is 262 g/mol. The van der Waals surface area contributed by atoms with Crippen molar-refractivity contribution in [3.8, 4) is 0 Å². The van der Waals surface area contributed by atoms with Gasteiger partial charge in [0.15, 0.2) is 0 Å². The van der Waals surface area contributed by atoms with Gasteiger partial charge in [-0.2, -0.15) is 0 Å². The molecule has 1 aliphatic rings. The summed E-state index contributed by atoms with van der Waals surface area (Å²) in [5.41, 5.74) is 1.40.